The van der Waals surface area contributed by atoms with Crippen LogP contribution in [-0.2, 0) is 57.7 Å². The van der Waals surface area contributed by atoms with E-state index in [1.54, 1.807) is 19.1 Å². The van der Waals surface area contributed by atoms with Gasteiger partial charge in [-0.3, -0.25) is 48.5 Å². The molecule has 3 aromatic carbocycles. The van der Waals surface area contributed by atoms with Crippen molar-refractivity contribution in [2.75, 3.05) is 12.3 Å². The van der Waals surface area contributed by atoms with Crippen LogP contribution in [0.4, 0.5) is 11.4 Å². The first-order valence-electron chi connectivity index (χ1n) is 22.6. The molecule has 22 nitrogen and oxygen atoms in total. The number of phenols is 1. The number of hydrogen-bond acceptors (Lipinski definition) is 13. The summed E-state index contributed by atoms with van der Waals surface area (Å²) in [5.41, 5.74) is 13.2. The Kier molecular flexibility index (Phi) is 19.9. The van der Waals surface area contributed by atoms with Crippen molar-refractivity contribution < 1.29 is 53.5 Å². The highest BCUT2D eigenvalue weighted by atomic mass is 16.6. The van der Waals surface area contributed by atoms with Gasteiger partial charge in [-0.25, -0.2) is 0 Å². The molecule has 1 aliphatic heterocycles. The number of likely N-dealkylation sites (tertiary alicyclic amines) is 1. The van der Waals surface area contributed by atoms with Gasteiger partial charge in [-0.1, -0.05) is 74.9 Å². The minimum Gasteiger partial charge on any atom is -0.502 e. The number of aliphatic carboxylic acids is 1. The van der Waals surface area contributed by atoms with Crippen molar-refractivity contribution in [3.8, 4) is 5.75 Å². The highest BCUT2D eigenvalue weighted by Crippen LogP contribution is 2.27. The van der Waals surface area contributed by atoms with Crippen LogP contribution in [0.3, 0.4) is 0 Å². The van der Waals surface area contributed by atoms with Gasteiger partial charge in [0.1, 0.15) is 36.3 Å². The third kappa shape index (κ3) is 15.7. The number of anilines is 1. The summed E-state index contributed by atoms with van der Waals surface area (Å²) in [5.74, 6) is -7.66. The van der Waals surface area contributed by atoms with Gasteiger partial charge in [0.25, 0.3) is 0 Å². The second-order valence-corrected chi connectivity index (χ2v) is 17.1. The van der Waals surface area contributed by atoms with Gasteiger partial charge in [-0.15, -0.1) is 0 Å². The molecule has 1 heterocycles. The number of benzene rings is 3. The molecule has 1 fully saturated rings. The lowest BCUT2D eigenvalue weighted by molar-refractivity contribution is -0.385. The number of nitro groups is 1. The first kappa shape index (κ1) is 54.0. The highest BCUT2D eigenvalue weighted by molar-refractivity contribution is 5.97. The van der Waals surface area contributed by atoms with Crippen molar-refractivity contribution in [2.45, 2.75) is 121 Å². The van der Waals surface area contributed by atoms with Gasteiger partial charge in [0, 0.05) is 37.7 Å². The Hall–Kier alpha value is -7.62. The molecule has 8 atom stereocenters. The number of nitrogens with one attached hydrogen (secondary N) is 6. The number of carbonyl (C=O) groups is 8. The predicted octanol–water partition coefficient (Wildman–Crippen LogP) is 0.677. The average Bonchev–Trinajstić information content (AvgIpc) is 3.81. The summed E-state index contributed by atoms with van der Waals surface area (Å²) in [4.78, 5) is 118. The Labute approximate surface area is 398 Å². The number of carbonyl (C=O) groups excluding carboxylic acids is 7. The van der Waals surface area contributed by atoms with Gasteiger partial charge in [0.05, 0.1) is 11.0 Å². The molecule has 1 saturated heterocycles. The van der Waals surface area contributed by atoms with Gasteiger partial charge >= 0.3 is 11.7 Å². The van der Waals surface area contributed by atoms with Crippen molar-refractivity contribution in [1.82, 2.24) is 36.8 Å². The van der Waals surface area contributed by atoms with Crippen LogP contribution in [0.1, 0.15) is 76.5 Å². The highest BCUT2D eigenvalue weighted by Gasteiger charge is 2.39. The van der Waals surface area contributed by atoms with Gasteiger partial charge in [0.2, 0.25) is 41.4 Å². The summed E-state index contributed by atoms with van der Waals surface area (Å²) in [7, 11) is 0. The van der Waals surface area contributed by atoms with Crippen molar-refractivity contribution in [3.63, 3.8) is 0 Å². The van der Waals surface area contributed by atoms with Gasteiger partial charge < -0.3 is 58.5 Å². The summed E-state index contributed by atoms with van der Waals surface area (Å²) < 4.78 is 0. The second-order valence-electron chi connectivity index (χ2n) is 17.1. The topological polar surface area (TPSA) is 348 Å². The number of amides is 7. The Balaban J connectivity index is 1.43. The van der Waals surface area contributed by atoms with Gasteiger partial charge in [-0.2, -0.15) is 0 Å². The molecule has 0 aromatic heterocycles. The summed E-state index contributed by atoms with van der Waals surface area (Å²) in [6.45, 7) is 6.80. The Morgan fingerprint density at radius 1 is 0.783 bits per heavy atom. The van der Waals surface area contributed by atoms with Crippen LogP contribution in [-0.4, -0.2) is 116 Å². The van der Waals surface area contributed by atoms with E-state index < -0.39 is 119 Å². The monoisotopic (exact) mass is 958 g/mol. The largest absolute Gasteiger partial charge is 0.502 e. The molecule has 4 rings (SSSR count). The van der Waals surface area contributed by atoms with Gasteiger partial charge in [0.15, 0.2) is 5.75 Å². The third-order valence-electron chi connectivity index (χ3n) is 11.9. The minimum absolute atomic E-state index is 0.0819. The number of nitrogens with two attached hydrogens (primary N) is 2. The van der Waals surface area contributed by atoms with E-state index in [1.165, 1.54) is 24.8 Å². The van der Waals surface area contributed by atoms with E-state index in [9.17, 15) is 53.6 Å². The molecule has 0 aliphatic carbocycles. The Morgan fingerprint density at radius 3 is 2.06 bits per heavy atom. The maximum Gasteiger partial charge on any atom is 0.310 e. The van der Waals surface area contributed by atoms with Crippen LogP contribution in [0, 0.1) is 16.0 Å². The number of carboxylic acid groups (broad SMARTS) is 1. The molecule has 12 N–H and O–H groups in total. The molecule has 0 saturated carbocycles. The lowest BCUT2D eigenvalue weighted by Gasteiger charge is -2.30. The maximum atomic E-state index is 13.9. The van der Waals surface area contributed by atoms with Crippen LogP contribution in [0.2, 0.25) is 0 Å². The molecule has 69 heavy (non-hydrogen) atoms. The van der Waals surface area contributed by atoms with Crippen LogP contribution in [0.5, 0.6) is 5.75 Å². The quantitative estimate of drug-likeness (QED) is 0.0317. The molecule has 22 heteroatoms. The molecule has 7 amide bonds. The average molecular weight is 959 g/mol. The molecule has 0 radical (unpaired) electrons. The first-order chi connectivity index (χ1) is 32.7. The van der Waals surface area contributed by atoms with E-state index in [-0.39, 0.29) is 37.4 Å². The summed E-state index contributed by atoms with van der Waals surface area (Å²) in [5, 5.41) is 46.9. The number of nitrogen functional groups attached to an aromatic ring is 1. The van der Waals surface area contributed by atoms with Crippen molar-refractivity contribution in [3.05, 3.63) is 99.6 Å². The number of phenolic OH excluding ortho intramolecular Hbond substituents is 1. The van der Waals surface area contributed by atoms with E-state index in [1.807, 2.05) is 49.4 Å². The normalized spacial score (nSPS) is 16.3. The number of aromatic hydroxyl groups is 1. The first-order valence-corrected chi connectivity index (χ1v) is 22.6. The Morgan fingerprint density at radius 2 is 1.42 bits per heavy atom. The lowest BCUT2D eigenvalue weighted by atomic mass is 9.96. The van der Waals surface area contributed by atoms with Crippen molar-refractivity contribution >= 4 is 58.7 Å². The number of nitrogens with zero attached hydrogens (tertiary/aromatic N) is 2. The maximum absolute atomic E-state index is 13.9. The van der Waals surface area contributed by atoms with Crippen LogP contribution in [0.15, 0.2) is 72.8 Å². The molecular weight excluding hydrogens is 897 g/mol. The van der Waals surface area contributed by atoms with Crippen LogP contribution < -0.4 is 43.4 Å². The summed E-state index contributed by atoms with van der Waals surface area (Å²) in [6.07, 6.45) is -0.0417. The molecule has 0 unspecified atom stereocenters. The molecule has 0 bridgehead atoms. The van der Waals surface area contributed by atoms with Crippen molar-refractivity contribution in [1.29, 1.82) is 0 Å². The number of nitro benzene ring substituents is 1. The molecule has 1 aliphatic rings. The summed E-state index contributed by atoms with van der Waals surface area (Å²) >= 11 is 0. The van der Waals surface area contributed by atoms with E-state index in [0.29, 0.717) is 24.9 Å². The standard InChI is InChI=1S/C47H62N10O12/c1-5-26(2)40(55-43(63)34(22-29-12-7-6-8-13-29)50-25-31-14-9-10-15-32(31)48)46(66)51-27(3)42(62)52-28(4)47(67)56-21-11-16-36(56)45(65)54-35(23-30-17-19-38(58)37(24-30)57(68)69)44(64)53-33(41(49)61)18-20-39(59)60/h6-10,12-15,17,19,24,26-28,33-36,40,50,58H,5,11,16,18,20-23,25,48H2,1-4H3,(H2,49,61)(H,51,66)(H,52,62)(H,53,64)(H,54,65)(H,55,63)(H,59,60)/t26-,27-,28-,33-,34-,35-,36-,40-/m0/s1. The molecular formula is C47H62N10O12. The molecule has 372 valence electrons. The number of carboxylic acids is 1. The zero-order chi connectivity index (χ0) is 50.9. The number of rotatable bonds is 25. The lowest BCUT2D eigenvalue weighted by Crippen LogP contribution is -2.59. The van der Waals surface area contributed by atoms with Gasteiger partial charge in [-0.05, 0) is 74.3 Å². The number of primary amides is 1. The zero-order valence-corrected chi connectivity index (χ0v) is 38.9. The Bertz CT molecular complexity index is 2350. The third-order valence-corrected chi connectivity index (χ3v) is 11.9. The molecule has 3 aromatic rings. The van der Waals surface area contributed by atoms with Crippen LogP contribution in [0.25, 0.3) is 0 Å². The van der Waals surface area contributed by atoms with E-state index in [4.69, 9.17) is 16.6 Å². The van der Waals surface area contributed by atoms with Crippen LogP contribution >= 0.6 is 0 Å². The zero-order valence-electron chi connectivity index (χ0n) is 38.9. The van der Waals surface area contributed by atoms with E-state index >= 15 is 0 Å². The predicted molar refractivity (Wildman–Crippen MR) is 251 cm³/mol. The minimum atomic E-state index is -1.55. The SMILES string of the molecule is CC[C@H](C)[C@H](NC(=O)[C@H](Cc1ccccc1)NCc1ccccc1N)C(=O)N[C@@H](C)C(=O)N[C@@H](C)C(=O)N1CCC[C@H]1C(=O)N[C@@H](Cc1ccc(O)c([N+](=O)[O-])c1)C(=O)N[C@@H](CCC(=O)O)C(N)=O. The van der Waals surface area contributed by atoms with E-state index in [2.05, 4.69) is 31.9 Å². The fourth-order valence-electron chi connectivity index (χ4n) is 7.69. The summed E-state index contributed by atoms with van der Waals surface area (Å²) in [6, 6.07) is 11.5. The van der Waals surface area contributed by atoms with E-state index in [0.717, 1.165) is 23.3 Å². The second kappa shape index (κ2) is 25.5. The fraction of sp³-hybridized carbons (Fsp3) is 0.447. The number of hydrogen-bond donors (Lipinski definition) is 10. The molecule has 0 spiro atoms. The number of para-hydroxylation sites is 1. The fourth-order valence-corrected chi connectivity index (χ4v) is 7.69. The van der Waals surface area contributed by atoms with Crippen molar-refractivity contribution in [2.24, 2.45) is 11.7 Å². The smallest absolute Gasteiger partial charge is 0.310 e.